The first kappa shape index (κ1) is 21.1. The van der Waals surface area contributed by atoms with Crippen LogP contribution in [0.15, 0.2) is 127 Å². The molecule has 0 radical (unpaired) electrons. The number of rotatable bonds is 0. The number of fused-ring (bicyclic) bond motifs is 14. The molecule has 0 fully saturated rings. The molecule has 0 saturated heterocycles. The van der Waals surface area contributed by atoms with Crippen LogP contribution in [0.25, 0.3) is 21.5 Å². The zero-order valence-corrected chi connectivity index (χ0v) is 21.5. The first-order valence-electron chi connectivity index (χ1n) is 13.5. The molecule has 4 aliphatic heterocycles. The molecule has 8 nitrogen and oxygen atoms in total. The molecule has 6 heterocycles. The Morgan fingerprint density at radius 1 is 0.366 bits per heavy atom. The summed E-state index contributed by atoms with van der Waals surface area (Å²) in [4.78, 5) is 30.7. The van der Waals surface area contributed by atoms with Crippen LogP contribution in [0.4, 0.5) is 11.6 Å². The van der Waals surface area contributed by atoms with Gasteiger partial charge in [0.1, 0.15) is 29.3 Å². The lowest BCUT2D eigenvalue weighted by Crippen LogP contribution is -2.33. The minimum absolute atomic E-state index is 0.510. The van der Waals surface area contributed by atoms with Gasteiger partial charge < -0.3 is 0 Å². The van der Waals surface area contributed by atoms with Crippen LogP contribution in [0, 0.1) is 0 Å². The van der Waals surface area contributed by atoms with E-state index in [0.717, 1.165) is 66.4 Å². The van der Waals surface area contributed by atoms with Crippen molar-refractivity contribution < 1.29 is 0 Å². The molecular weight excluding hydrogens is 508 g/mol. The highest BCUT2D eigenvalue weighted by Gasteiger charge is 2.29. The van der Waals surface area contributed by atoms with Crippen LogP contribution in [0.1, 0.15) is 22.3 Å². The minimum Gasteiger partial charge on any atom is -0.291 e. The molecular formula is C33H18N8. The molecule has 6 bridgehead atoms. The molecule has 41 heavy (non-hydrogen) atoms. The van der Waals surface area contributed by atoms with Crippen LogP contribution in [0.2, 0.25) is 0 Å². The highest BCUT2D eigenvalue weighted by atomic mass is 15.3. The molecule has 4 aromatic carbocycles. The maximum absolute atomic E-state index is 5.27. The second-order valence-corrected chi connectivity index (χ2v) is 10.4. The Labute approximate surface area is 232 Å². The molecule has 0 N–H and O–H groups in total. The molecule has 0 amide bonds. The first-order chi connectivity index (χ1) is 20.3. The Morgan fingerprint density at radius 3 is 1.29 bits per heavy atom. The Balaban J connectivity index is 1.41. The second kappa shape index (κ2) is 7.45. The van der Waals surface area contributed by atoms with E-state index in [9.17, 15) is 0 Å². The maximum atomic E-state index is 5.27. The largest absolute Gasteiger partial charge is 0.291 e. The average molecular weight is 527 g/mol. The van der Waals surface area contributed by atoms with Crippen molar-refractivity contribution in [3.05, 3.63) is 130 Å². The summed E-state index contributed by atoms with van der Waals surface area (Å²) in [5.74, 6) is 4.16. The van der Waals surface area contributed by atoms with Crippen molar-refractivity contribution in [3.63, 3.8) is 0 Å². The summed E-state index contributed by atoms with van der Waals surface area (Å²) in [5.41, 5.74) is 5.46. The van der Waals surface area contributed by atoms with E-state index in [2.05, 4.69) is 45.5 Å². The average Bonchev–Trinajstić information content (AvgIpc) is 3.73. The fourth-order valence-corrected chi connectivity index (χ4v) is 6.35. The van der Waals surface area contributed by atoms with E-state index in [1.807, 2.05) is 60.7 Å². The fraction of sp³-hybridized carbons (Fsp3) is 0.0303. The van der Waals surface area contributed by atoms with Crippen molar-refractivity contribution in [2.24, 2.45) is 30.0 Å². The predicted octanol–water partition coefficient (Wildman–Crippen LogP) is 5.05. The van der Waals surface area contributed by atoms with Gasteiger partial charge in [0.2, 0.25) is 0 Å². The third-order valence-corrected chi connectivity index (χ3v) is 8.21. The molecule has 0 saturated carbocycles. The van der Waals surface area contributed by atoms with Gasteiger partial charge in [-0.1, -0.05) is 97.1 Å². The molecule has 0 aliphatic carbocycles. The molecule has 10 rings (SSSR count). The summed E-state index contributed by atoms with van der Waals surface area (Å²) in [6.45, 7) is 0.510. The first-order valence-corrected chi connectivity index (χ1v) is 13.5. The van der Waals surface area contributed by atoms with Crippen molar-refractivity contribution >= 4 is 56.5 Å². The van der Waals surface area contributed by atoms with Gasteiger partial charge in [-0.2, -0.15) is 0 Å². The van der Waals surface area contributed by atoms with Gasteiger partial charge in [0.05, 0.1) is 0 Å². The van der Waals surface area contributed by atoms with E-state index in [-0.39, 0.29) is 0 Å². The lowest BCUT2D eigenvalue weighted by atomic mass is 10.1. The van der Waals surface area contributed by atoms with E-state index in [0.29, 0.717) is 30.0 Å². The normalized spacial score (nSPS) is 15.7. The number of aliphatic imine (C=N–C) groups is 4. The number of benzene rings is 4. The molecule has 0 spiro atoms. The van der Waals surface area contributed by atoms with Crippen molar-refractivity contribution in [2.45, 2.75) is 6.67 Å². The standard InChI is InChI=1S/C33H18N8/c1-3-11-20-18(9-1)26-34-27-19-10-2-4-12-21(19)29(36-27)38-31-23-14-6-8-16-25(23)33-39-32-24-15-7-5-13-22(24)30(37-28(20)35-26)40(32)17-41(31)33/h1-16H,17H2. The van der Waals surface area contributed by atoms with Gasteiger partial charge in [0, 0.05) is 43.8 Å². The molecule has 4 aliphatic rings. The van der Waals surface area contributed by atoms with Gasteiger partial charge in [-0.05, 0) is 0 Å². The van der Waals surface area contributed by atoms with Gasteiger partial charge in [0.15, 0.2) is 23.3 Å². The van der Waals surface area contributed by atoms with E-state index in [1.165, 1.54) is 0 Å². The Morgan fingerprint density at radius 2 is 0.756 bits per heavy atom. The van der Waals surface area contributed by atoms with Gasteiger partial charge in [-0.25, -0.2) is 30.0 Å². The van der Waals surface area contributed by atoms with Crippen LogP contribution in [0.5, 0.6) is 0 Å². The second-order valence-electron chi connectivity index (χ2n) is 10.4. The number of hydrogen-bond donors (Lipinski definition) is 0. The van der Waals surface area contributed by atoms with E-state index in [4.69, 9.17) is 30.0 Å². The molecule has 2 aromatic heterocycles. The van der Waals surface area contributed by atoms with Gasteiger partial charge in [-0.15, -0.1) is 0 Å². The SMILES string of the molecule is c1ccc2c(c1)C1=NC3=NC(=Nc4c5ccccc5c5n4Cn4c(c6ccccc6c4=N5)=NC2=N1)c1ccccc13. The third-order valence-electron chi connectivity index (χ3n) is 8.21. The van der Waals surface area contributed by atoms with Crippen molar-refractivity contribution in [1.82, 2.24) is 9.13 Å². The summed E-state index contributed by atoms with van der Waals surface area (Å²) >= 11 is 0. The topological polar surface area (TPSA) is 84.0 Å². The summed E-state index contributed by atoms with van der Waals surface area (Å²) in [5, 5.41) is 4.17. The van der Waals surface area contributed by atoms with E-state index < -0.39 is 0 Å². The highest BCUT2D eigenvalue weighted by molar-refractivity contribution is 6.29. The number of amidine groups is 4. The number of nitrogens with zero attached hydrogens (tertiary/aromatic N) is 8. The van der Waals surface area contributed by atoms with Crippen molar-refractivity contribution in [3.8, 4) is 0 Å². The number of hydrogen-bond acceptors (Lipinski definition) is 6. The van der Waals surface area contributed by atoms with E-state index in [1.54, 1.807) is 0 Å². The zero-order chi connectivity index (χ0) is 26.7. The third kappa shape index (κ3) is 2.73. The molecule has 0 atom stereocenters. The summed E-state index contributed by atoms with van der Waals surface area (Å²) in [7, 11) is 0. The van der Waals surface area contributed by atoms with Crippen LogP contribution in [0.3, 0.4) is 0 Å². The fourth-order valence-electron chi connectivity index (χ4n) is 6.35. The Bertz CT molecular complexity index is 2450. The Hall–Kier alpha value is -5.76. The van der Waals surface area contributed by atoms with Crippen LogP contribution >= 0.6 is 0 Å². The molecule has 8 heteroatoms. The van der Waals surface area contributed by atoms with E-state index >= 15 is 0 Å². The number of aromatic nitrogens is 2. The molecule has 0 unspecified atom stereocenters. The monoisotopic (exact) mass is 526 g/mol. The highest BCUT2D eigenvalue weighted by Crippen LogP contribution is 2.40. The van der Waals surface area contributed by atoms with Crippen molar-refractivity contribution in [1.29, 1.82) is 0 Å². The smallest absolute Gasteiger partial charge is 0.164 e. The summed E-state index contributed by atoms with van der Waals surface area (Å²) < 4.78 is 4.34. The quantitative estimate of drug-likeness (QED) is 0.265. The van der Waals surface area contributed by atoms with Crippen LogP contribution in [-0.2, 0) is 6.67 Å². The molecule has 6 aromatic rings. The lowest BCUT2D eigenvalue weighted by molar-refractivity contribution is 0.561. The van der Waals surface area contributed by atoms with Crippen LogP contribution in [-0.4, -0.2) is 32.5 Å². The molecule has 190 valence electrons. The van der Waals surface area contributed by atoms with Gasteiger partial charge in [0.25, 0.3) is 0 Å². The summed E-state index contributed by atoms with van der Waals surface area (Å²) in [6.07, 6.45) is 0. The zero-order valence-electron chi connectivity index (χ0n) is 21.5. The predicted molar refractivity (Wildman–Crippen MR) is 160 cm³/mol. The summed E-state index contributed by atoms with van der Waals surface area (Å²) in [6, 6.07) is 32.9. The van der Waals surface area contributed by atoms with Crippen LogP contribution < -0.4 is 11.0 Å². The van der Waals surface area contributed by atoms with Gasteiger partial charge in [-0.3, -0.25) is 9.13 Å². The Kier molecular flexibility index (Phi) is 3.84. The van der Waals surface area contributed by atoms with Gasteiger partial charge >= 0.3 is 0 Å². The minimum atomic E-state index is 0.510. The van der Waals surface area contributed by atoms with Crippen molar-refractivity contribution in [2.75, 3.05) is 0 Å². The lowest BCUT2D eigenvalue weighted by Gasteiger charge is -2.15. The maximum Gasteiger partial charge on any atom is 0.164 e.